The number of nitrogens with zero attached hydrogens (tertiary/aromatic N) is 2. The van der Waals surface area contributed by atoms with Crippen molar-refractivity contribution in [3.63, 3.8) is 0 Å². The third-order valence-electron chi connectivity index (χ3n) is 3.16. The molecule has 1 aromatic rings. The van der Waals surface area contributed by atoms with E-state index in [1.54, 1.807) is 23.1 Å². The van der Waals surface area contributed by atoms with Crippen LogP contribution in [0.5, 0.6) is 0 Å². The first-order chi connectivity index (χ1) is 9.67. The second-order valence-corrected chi connectivity index (χ2v) is 10.7. The lowest BCUT2D eigenvalue weighted by Gasteiger charge is -2.33. The summed E-state index contributed by atoms with van der Waals surface area (Å²) in [7, 11) is -3.09. The Kier molecular flexibility index (Phi) is 5.23. The molecule has 120 valence electrons. The van der Waals surface area contributed by atoms with E-state index in [-0.39, 0.29) is 5.54 Å². The van der Waals surface area contributed by atoms with Crippen LogP contribution in [-0.2, 0) is 16.4 Å². The lowest BCUT2D eigenvalue weighted by molar-refractivity contribution is 0.426. The number of rotatable bonds is 4. The van der Waals surface area contributed by atoms with Gasteiger partial charge in [-0.05, 0) is 20.8 Å². The summed E-state index contributed by atoms with van der Waals surface area (Å²) in [5, 5.41) is 3.79. The van der Waals surface area contributed by atoms with Crippen molar-refractivity contribution in [2.45, 2.75) is 38.2 Å². The fourth-order valence-electron chi connectivity index (χ4n) is 2.02. The maximum atomic E-state index is 11.9. The molecule has 1 saturated heterocycles. The monoisotopic (exact) mass is 349 g/mol. The van der Waals surface area contributed by atoms with Crippen molar-refractivity contribution in [1.82, 2.24) is 10.3 Å². The Labute approximate surface area is 135 Å². The van der Waals surface area contributed by atoms with Gasteiger partial charge in [-0.25, -0.2) is 13.4 Å². The zero-order chi connectivity index (χ0) is 15.7. The van der Waals surface area contributed by atoms with E-state index >= 15 is 0 Å². The summed E-state index contributed by atoms with van der Waals surface area (Å²) in [6.45, 7) is 7.86. The van der Waals surface area contributed by atoms with Gasteiger partial charge in [0, 0.05) is 47.5 Å². The molecule has 1 aliphatic rings. The molecule has 0 bridgehead atoms. The summed E-state index contributed by atoms with van der Waals surface area (Å²) in [5.41, 5.74) is 0.0568. The molecule has 0 aliphatic carbocycles. The fourth-order valence-corrected chi connectivity index (χ4v) is 5.83. The average molecular weight is 350 g/mol. The molecule has 5 nitrogen and oxygen atoms in total. The van der Waals surface area contributed by atoms with Crippen molar-refractivity contribution in [1.29, 1.82) is 0 Å². The number of nitrogens with one attached hydrogen (secondary N) is 1. The van der Waals surface area contributed by atoms with Crippen LogP contribution in [0.4, 0.5) is 5.13 Å². The summed E-state index contributed by atoms with van der Waals surface area (Å²) in [5.74, 6) is 1.56. The Bertz CT molecular complexity index is 578. The van der Waals surface area contributed by atoms with Gasteiger partial charge >= 0.3 is 0 Å². The third-order valence-corrected chi connectivity index (χ3v) is 6.84. The van der Waals surface area contributed by atoms with Crippen LogP contribution in [0.2, 0.25) is 0 Å². The number of hydrogen-bond acceptors (Lipinski definition) is 7. The fraction of sp³-hybridized carbons (Fsp3) is 0.769. The molecule has 1 N–H and O–H groups in total. The molecule has 2 rings (SSSR count). The van der Waals surface area contributed by atoms with Crippen LogP contribution in [0.3, 0.4) is 0 Å². The number of sulfone groups is 1. The van der Waals surface area contributed by atoms with E-state index in [9.17, 15) is 8.42 Å². The van der Waals surface area contributed by atoms with E-state index in [1.165, 1.54) is 6.26 Å². The minimum atomic E-state index is -3.09. The van der Waals surface area contributed by atoms with Gasteiger partial charge in [0.15, 0.2) is 15.0 Å². The Morgan fingerprint density at radius 3 is 2.81 bits per heavy atom. The predicted octanol–water partition coefficient (Wildman–Crippen LogP) is 1.96. The SMILES string of the molecule is CC(C)(C)NCc1cnc(N2CCSCC2S(C)(=O)=O)s1. The van der Waals surface area contributed by atoms with Crippen molar-refractivity contribution in [2.24, 2.45) is 0 Å². The van der Waals surface area contributed by atoms with Gasteiger partial charge in [0.25, 0.3) is 0 Å². The van der Waals surface area contributed by atoms with Gasteiger partial charge in [-0.15, -0.1) is 11.3 Å². The smallest absolute Gasteiger partial charge is 0.186 e. The molecule has 1 atom stereocenters. The Hall–Kier alpha value is -0.310. The standard InChI is InChI=1S/C13H23N3O2S3/c1-13(2,3)15-8-10-7-14-12(20-10)16-5-6-19-9-11(16)21(4,17)18/h7,11,15H,5-6,8-9H2,1-4H3. The molecule has 0 amide bonds. The molecule has 2 heterocycles. The van der Waals surface area contributed by atoms with Crippen LogP contribution in [0.25, 0.3) is 0 Å². The van der Waals surface area contributed by atoms with E-state index in [2.05, 4.69) is 31.1 Å². The molecule has 8 heteroatoms. The summed E-state index contributed by atoms with van der Waals surface area (Å²) in [6.07, 6.45) is 3.16. The van der Waals surface area contributed by atoms with Crippen molar-refractivity contribution in [3.8, 4) is 0 Å². The first-order valence-corrected chi connectivity index (χ1v) is 10.8. The van der Waals surface area contributed by atoms with Gasteiger partial charge in [-0.1, -0.05) is 0 Å². The Morgan fingerprint density at radius 1 is 1.48 bits per heavy atom. The molecular formula is C13H23N3O2S3. The number of anilines is 1. The molecule has 0 radical (unpaired) electrons. The van der Waals surface area contributed by atoms with Crippen LogP contribution in [-0.4, -0.2) is 48.6 Å². The first kappa shape index (κ1) is 17.1. The zero-order valence-corrected chi connectivity index (χ0v) is 15.4. The lowest BCUT2D eigenvalue weighted by Crippen LogP contribution is -2.47. The Balaban J connectivity index is 2.12. The highest BCUT2D eigenvalue weighted by Crippen LogP contribution is 2.30. The molecule has 0 aromatic carbocycles. The van der Waals surface area contributed by atoms with E-state index in [1.807, 2.05) is 11.1 Å². The van der Waals surface area contributed by atoms with E-state index < -0.39 is 15.2 Å². The van der Waals surface area contributed by atoms with Crippen LogP contribution in [0, 0.1) is 0 Å². The quantitative estimate of drug-likeness (QED) is 0.896. The van der Waals surface area contributed by atoms with Crippen molar-refractivity contribution < 1.29 is 8.42 Å². The van der Waals surface area contributed by atoms with Gasteiger partial charge in [0.1, 0.15) is 5.37 Å². The van der Waals surface area contributed by atoms with E-state index in [4.69, 9.17) is 0 Å². The molecule has 0 spiro atoms. The predicted molar refractivity (Wildman–Crippen MR) is 92.0 cm³/mol. The van der Waals surface area contributed by atoms with Crippen LogP contribution in [0.1, 0.15) is 25.6 Å². The average Bonchev–Trinajstić information content (AvgIpc) is 2.83. The van der Waals surface area contributed by atoms with Gasteiger partial charge in [-0.2, -0.15) is 11.8 Å². The number of aromatic nitrogens is 1. The summed E-state index contributed by atoms with van der Waals surface area (Å²) < 4.78 is 23.9. The van der Waals surface area contributed by atoms with Crippen molar-refractivity contribution in [3.05, 3.63) is 11.1 Å². The number of thiazole rings is 1. The highest BCUT2D eigenvalue weighted by atomic mass is 32.2. The third kappa shape index (κ3) is 4.84. The van der Waals surface area contributed by atoms with Gasteiger partial charge < -0.3 is 10.2 Å². The summed E-state index contributed by atoms with van der Waals surface area (Å²) >= 11 is 3.27. The largest absolute Gasteiger partial charge is 0.330 e. The van der Waals surface area contributed by atoms with Gasteiger partial charge in [0.05, 0.1) is 0 Å². The number of thioether (sulfide) groups is 1. The highest BCUT2D eigenvalue weighted by Gasteiger charge is 2.32. The molecule has 1 aromatic heterocycles. The molecule has 0 saturated carbocycles. The minimum absolute atomic E-state index is 0.0568. The first-order valence-electron chi connectivity index (χ1n) is 6.90. The maximum Gasteiger partial charge on any atom is 0.186 e. The van der Waals surface area contributed by atoms with E-state index in [0.717, 1.165) is 28.9 Å². The van der Waals surface area contributed by atoms with E-state index in [0.29, 0.717) is 5.75 Å². The molecular weight excluding hydrogens is 326 g/mol. The van der Waals surface area contributed by atoms with Crippen molar-refractivity contribution >= 4 is 38.1 Å². The zero-order valence-electron chi connectivity index (χ0n) is 12.9. The van der Waals surface area contributed by atoms with Gasteiger partial charge in [0.2, 0.25) is 0 Å². The van der Waals surface area contributed by atoms with Crippen molar-refractivity contribution in [2.75, 3.05) is 29.2 Å². The van der Waals surface area contributed by atoms with Crippen LogP contribution in [0.15, 0.2) is 6.20 Å². The maximum absolute atomic E-state index is 11.9. The Morgan fingerprint density at radius 2 is 2.19 bits per heavy atom. The summed E-state index contributed by atoms with van der Waals surface area (Å²) in [6, 6.07) is 0. The van der Waals surface area contributed by atoms with Crippen LogP contribution >= 0.6 is 23.1 Å². The normalized spacial score (nSPS) is 20.8. The second kappa shape index (κ2) is 6.44. The molecule has 1 unspecified atom stereocenters. The topological polar surface area (TPSA) is 62.3 Å². The molecule has 1 aliphatic heterocycles. The van der Waals surface area contributed by atoms with Crippen LogP contribution < -0.4 is 10.2 Å². The van der Waals surface area contributed by atoms with Gasteiger partial charge in [-0.3, -0.25) is 0 Å². The highest BCUT2D eigenvalue weighted by molar-refractivity contribution is 8.01. The lowest BCUT2D eigenvalue weighted by atomic mass is 10.1. The molecule has 1 fully saturated rings. The second-order valence-electron chi connectivity index (χ2n) is 6.27. The minimum Gasteiger partial charge on any atom is -0.330 e. The molecule has 21 heavy (non-hydrogen) atoms. The number of hydrogen-bond donors (Lipinski definition) is 1. The summed E-state index contributed by atoms with van der Waals surface area (Å²) in [4.78, 5) is 7.51.